The zero-order chi connectivity index (χ0) is 20.0. The number of fused-ring (bicyclic) bond motifs is 1. The molecule has 5 rings (SSSR count). The van der Waals surface area contributed by atoms with E-state index in [1.807, 2.05) is 31.2 Å². The van der Waals surface area contributed by atoms with Gasteiger partial charge in [-0.15, -0.1) is 5.10 Å². The summed E-state index contributed by atoms with van der Waals surface area (Å²) in [6, 6.07) is 8.03. The second-order valence-electron chi connectivity index (χ2n) is 7.05. The number of rotatable bonds is 4. The number of aromatic nitrogens is 7. The van der Waals surface area contributed by atoms with E-state index >= 15 is 0 Å². The maximum atomic E-state index is 10.0. The maximum Gasteiger partial charge on any atom is 0.186 e. The van der Waals surface area contributed by atoms with E-state index in [1.54, 1.807) is 21.8 Å². The summed E-state index contributed by atoms with van der Waals surface area (Å²) in [6.07, 6.45) is 3.34. The Hall–Kier alpha value is -3.21. The van der Waals surface area contributed by atoms with E-state index in [4.69, 9.17) is 4.74 Å². The Bertz CT molecular complexity index is 1150. The van der Waals surface area contributed by atoms with Crippen molar-refractivity contribution in [2.24, 2.45) is 0 Å². The molecule has 0 unspecified atom stereocenters. The van der Waals surface area contributed by atoms with Crippen LogP contribution in [0.1, 0.15) is 18.2 Å². The van der Waals surface area contributed by atoms with Crippen molar-refractivity contribution in [2.45, 2.75) is 31.8 Å². The Morgan fingerprint density at radius 3 is 2.76 bits per heavy atom. The van der Waals surface area contributed by atoms with Crippen LogP contribution < -0.4 is 0 Å². The normalized spacial score (nSPS) is 21.8. The molecule has 0 amide bonds. The van der Waals surface area contributed by atoms with Crippen LogP contribution in [0.5, 0.6) is 0 Å². The number of imidazole rings is 1. The molecule has 1 saturated heterocycles. The van der Waals surface area contributed by atoms with E-state index in [2.05, 4.69) is 25.3 Å². The predicted octanol–water partition coefficient (Wildman–Crippen LogP) is 1.02. The van der Waals surface area contributed by atoms with Gasteiger partial charge in [0.1, 0.15) is 24.4 Å². The van der Waals surface area contributed by atoms with Gasteiger partial charge in [0.2, 0.25) is 0 Å². The van der Waals surface area contributed by atoms with Gasteiger partial charge in [-0.25, -0.2) is 15.0 Å². The van der Waals surface area contributed by atoms with Crippen molar-refractivity contribution >= 4 is 11.2 Å². The van der Waals surface area contributed by atoms with Gasteiger partial charge in [-0.05, 0) is 6.92 Å². The molecule has 0 spiro atoms. The first kappa shape index (κ1) is 17.9. The SMILES string of the molecule is Cc1ccc(-c2cn(-c3ncnc4c3ncn4[C@H]3C[C@H](O)[C@@H](CO)O3)nn2)cc1. The van der Waals surface area contributed by atoms with Crippen LogP contribution in [0, 0.1) is 6.92 Å². The average molecular weight is 393 g/mol. The first-order valence-electron chi connectivity index (χ1n) is 9.25. The molecule has 1 fully saturated rings. The van der Waals surface area contributed by atoms with Gasteiger partial charge in [0.05, 0.1) is 25.2 Å². The molecule has 3 atom stereocenters. The van der Waals surface area contributed by atoms with Crippen molar-refractivity contribution < 1.29 is 14.9 Å². The minimum Gasteiger partial charge on any atom is -0.394 e. The topological polar surface area (TPSA) is 124 Å². The van der Waals surface area contributed by atoms with Gasteiger partial charge in [-0.3, -0.25) is 4.57 Å². The van der Waals surface area contributed by atoms with Crippen LogP contribution in [0.25, 0.3) is 28.2 Å². The molecule has 1 aromatic carbocycles. The fraction of sp³-hybridized carbons (Fsp3) is 0.316. The summed E-state index contributed by atoms with van der Waals surface area (Å²) in [5.41, 5.74) is 3.95. The lowest BCUT2D eigenvalue weighted by Crippen LogP contribution is -2.24. The zero-order valence-corrected chi connectivity index (χ0v) is 15.6. The third-order valence-electron chi connectivity index (χ3n) is 5.09. The maximum absolute atomic E-state index is 10.0. The second-order valence-corrected chi connectivity index (χ2v) is 7.05. The Kier molecular flexibility index (Phi) is 4.31. The number of benzene rings is 1. The second kappa shape index (κ2) is 6.99. The number of hydrogen-bond donors (Lipinski definition) is 2. The molecule has 29 heavy (non-hydrogen) atoms. The van der Waals surface area contributed by atoms with Crippen LogP contribution in [-0.2, 0) is 4.74 Å². The van der Waals surface area contributed by atoms with Crippen LogP contribution in [0.2, 0.25) is 0 Å². The Morgan fingerprint density at radius 1 is 1.17 bits per heavy atom. The minimum atomic E-state index is -0.740. The van der Waals surface area contributed by atoms with Gasteiger partial charge < -0.3 is 14.9 Å². The number of nitrogens with zero attached hydrogens (tertiary/aromatic N) is 7. The molecule has 1 aliphatic rings. The molecule has 10 heteroatoms. The van der Waals surface area contributed by atoms with Crippen molar-refractivity contribution in [3.8, 4) is 17.1 Å². The highest BCUT2D eigenvalue weighted by atomic mass is 16.5. The molecule has 1 aliphatic heterocycles. The van der Waals surface area contributed by atoms with Gasteiger partial charge in [-0.2, -0.15) is 4.68 Å². The highest BCUT2D eigenvalue weighted by Gasteiger charge is 2.35. The lowest BCUT2D eigenvalue weighted by Gasteiger charge is -2.13. The first-order chi connectivity index (χ1) is 14.1. The van der Waals surface area contributed by atoms with E-state index in [1.165, 1.54) is 11.9 Å². The molecular formula is C19H19N7O3. The monoisotopic (exact) mass is 393 g/mol. The van der Waals surface area contributed by atoms with Gasteiger partial charge in [0.15, 0.2) is 17.0 Å². The largest absolute Gasteiger partial charge is 0.394 e. The van der Waals surface area contributed by atoms with Crippen LogP contribution >= 0.6 is 0 Å². The lowest BCUT2D eigenvalue weighted by atomic mass is 10.1. The molecule has 10 nitrogen and oxygen atoms in total. The molecule has 0 radical (unpaired) electrons. The minimum absolute atomic E-state index is 0.245. The van der Waals surface area contributed by atoms with Crippen molar-refractivity contribution in [1.29, 1.82) is 0 Å². The van der Waals surface area contributed by atoms with Crippen molar-refractivity contribution in [3.63, 3.8) is 0 Å². The van der Waals surface area contributed by atoms with E-state index in [0.29, 0.717) is 23.4 Å². The number of ether oxygens (including phenoxy) is 1. The molecule has 3 aromatic heterocycles. The van der Waals surface area contributed by atoms with Crippen LogP contribution in [0.4, 0.5) is 0 Å². The van der Waals surface area contributed by atoms with Gasteiger partial charge in [0, 0.05) is 12.0 Å². The number of aryl methyl sites for hydroxylation is 1. The standard InChI is InChI=1S/C19H19N7O3/c1-11-2-4-12(5-3-11)13-7-26(24-23-13)19-17-18(20-9-21-19)25(10-22-17)16-6-14(28)15(8-27)29-16/h2-5,7,9-10,14-16,27-28H,6,8H2,1H3/t14-,15+,16+/m0/s1. The fourth-order valence-corrected chi connectivity index (χ4v) is 3.49. The van der Waals surface area contributed by atoms with Crippen molar-refractivity contribution in [2.75, 3.05) is 6.61 Å². The highest BCUT2D eigenvalue weighted by Crippen LogP contribution is 2.31. The fourth-order valence-electron chi connectivity index (χ4n) is 3.49. The Balaban J connectivity index is 1.51. The van der Waals surface area contributed by atoms with Crippen molar-refractivity contribution in [1.82, 2.24) is 34.5 Å². The molecule has 4 aromatic rings. The summed E-state index contributed by atoms with van der Waals surface area (Å²) < 4.78 is 9.02. The van der Waals surface area contributed by atoms with E-state index in [0.717, 1.165) is 11.3 Å². The highest BCUT2D eigenvalue weighted by molar-refractivity contribution is 5.78. The Morgan fingerprint density at radius 2 is 2.00 bits per heavy atom. The van der Waals surface area contributed by atoms with E-state index in [-0.39, 0.29) is 6.61 Å². The molecular weight excluding hydrogens is 374 g/mol. The summed E-state index contributed by atoms with van der Waals surface area (Å²) in [5, 5.41) is 27.8. The van der Waals surface area contributed by atoms with Gasteiger partial charge in [0.25, 0.3) is 0 Å². The van der Waals surface area contributed by atoms with E-state index < -0.39 is 18.4 Å². The van der Waals surface area contributed by atoms with E-state index in [9.17, 15) is 10.2 Å². The average Bonchev–Trinajstić information content (AvgIpc) is 3.46. The smallest absolute Gasteiger partial charge is 0.186 e. The predicted molar refractivity (Wildman–Crippen MR) is 102 cm³/mol. The summed E-state index contributed by atoms with van der Waals surface area (Å²) >= 11 is 0. The van der Waals surface area contributed by atoms with Crippen LogP contribution in [0.15, 0.2) is 43.1 Å². The van der Waals surface area contributed by atoms with Crippen LogP contribution in [-0.4, -0.2) is 63.5 Å². The number of aliphatic hydroxyl groups excluding tert-OH is 2. The third-order valence-corrected chi connectivity index (χ3v) is 5.09. The van der Waals surface area contributed by atoms with Crippen LogP contribution in [0.3, 0.4) is 0 Å². The molecule has 148 valence electrons. The molecule has 0 aliphatic carbocycles. The summed E-state index contributed by atoms with van der Waals surface area (Å²) in [5.74, 6) is 0.497. The summed E-state index contributed by atoms with van der Waals surface area (Å²) in [7, 11) is 0. The number of aliphatic hydroxyl groups is 2. The molecule has 2 N–H and O–H groups in total. The molecule has 0 bridgehead atoms. The van der Waals surface area contributed by atoms with Gasteiger partial charge >= 0.3 is 0 Å². The zero-order valence-electron chi connectivity index (χ0n) is 15.6. The Labute approximate surface area is 165 Å². The third kappa shape index (κ3) is 3.07. The van der Waals surface area contributed by atoms with Gasteiger partial charge in [-0.1, -0.05) is 35.0 Å². The number of hydrogen-bond acceptors (Lipinski definition) is 8. The summed E-state index contributed by atoms with van der Waals surface area (Å²) in [6.45, 7) is 1.79. The summed E-state index contributed by atoms with van der Waals surface area (Å²) in [4.78, 5) is 13.1. The lowest BCUT2D eigenvalue weighted by molar-refractivity contribution is -0.0432. The van der Waals surface area contributed by atoms with Crippen molar-refractivity contribution in [3.05, 3.63) is 48.7 Å². The quantitative estimate of drug-likeness (QED) is 0.527. The first-order valence-corrected chi connectivity index (χ1v) is 9.25. The molecule has 0 saturated carbocycles. The molecule has 4 heterocycles.